The number of rotatable bonds is 8. The van der Waals surface area contributed by atoms with Crippen molar-refractivity contribution >= 4 is 22.3 Å². The lowest BCUT2D eigenvalue weighted by atomic mass is 9.91. The Morgan fingerprint density at radius 2 is 2.00 bits per heavy atom. The van der Waals surface area contributed by atoms with Crippen LogP contribution in [0.2, 0.25) is 0 Å². The van der Waals surface area contributed by atoms with E-state index in [1.165, 1.54) is 30.6 Å². The summed E-state index contributed by atoms with van der Waals surface area (Å²) in [6.07, 6.45) is 7.17. The summed E-state index contributed by atoms with van der Waals surface area (Å²) < 4.78 is 11.7. The van der Waals surface area contributed by atoms with Crippen LogP contribution in [0.5, 0.6) is 5.75 Å². The summed E-state index contributed by atoms with van der Waals surface area (Å²) in [5, 5.41) is 14.5. The van der Waals surface area contributed by atoms with Crippen molar-refractivity contribution in [3.05, 3.63) is 45.3 Å². The SMILES string of the molecule is Cc1c(OCC2CC2)ccc2c(CCC3CCN(Cc4ccc(C#N)s4)CC3)noc12. The first-order chi connectivity index (χ1) is 15.2. The smallest absolute Gasteiger partial charge is 0.173 e. The van der Waals surface area contributed by atoms with Crippen LogP contribution < -0.4 is 4.74 Å². The minimum Gasteiger partial charge on any atom is -0.493 e. The van der Waals surface area contributed by atoms with Crippen LogP contribution in [0.15, 0.2) is 28.8 Å². The Labute approximate surface area is 187 Å². The van der Waals surface area contributed by atoms with Crippen LogP contribution >= 0.6 is 11.3 Å². The summed E-state index contributed by atoms with van der Waals surface area (Å²) in [4.78, 5) is 4.61. The Balaban J connectivity index is 1.13. The fourth-order valence-corrected chi connectivity index (χ4v) is 5.36. The van der Waals surface area contributed by atoms with Crippen LogP contribution in [0, 0.1) is 30.1 Å². The molecule has 1 saturated heterocycles. The maximum absolute atomic E-state index is 9.00. The van der Waals surface area contributed by atoms with Crippen molar-refractivity contribution in [1.82, 2.24) is 10.1 Å². The highest BCUT2D eigenvalue weighted by Gasteiger charge is 2.24. The van der Waals surface area contributed by atoms with E-state index in [4.69, 9.17) is 14.5 Å². The van der Waals surface area contributed by atoms with Gasteiger partial charge in [0.1, 0.15) is 16.7 Å². The second-order valence-electron chi connectivity index (χ2n) is 9.08. The maximum atomic E-state index is 9.00. The zero-order valence-electron chi connectivity index (χ0n) is 18.1. The lowest BCUT2D eigenvalue weighted by Gasteiger charge is -2.31. The molecule has 0 amide bonds. The van der Waals surface area contributed by atoms with E-state index in [0.717, 1.165) is 83.8 Å². The van der Waals surface area contributed by atoms with Crippen molar-refractivity contribution in [1.29, 1.82) is 5.26 Å². The second kappa shape index (κ2) is 9.02. The number of likely N-dealkylation sites (tertiary alicyclic amines) is 1. The minimum atomic E-state index is 0.739. The molecule has 162 valence electrons. The molecule has 6 heteroatoms. The number of piperidine rings is 1. The fraction of sp³-hybridized carbons (Fsp3) is 0.520. The number of benzene rings is 1. The van der Waals surface area contributed by atoms with E-state index in [-0.39, 0.29) is 0 Å². The molecule has 5 rings (SSSR count). The molecule has 1 aromatic carbocycles. The van der Waals surface area contributed by atoms with Gasteiger partial charge in [0.25, 0.3) is 0 Å². The molecule has 2 fully saturated rings. The van der Waals surface area contributed by atoms with Gasteiger partial charge in [-0.25, -0.2) is 0 Å². The van der Waals surface area contributed by atoms with Gasteiger partial charge in [-0.1, -0.05) is 5.16 Å². The topological polar surface area (TPSA) is 62.3 Å². The quantitative estimate of drug-likeness (QED) is 0.454. The summed E-state index contributed by atoms with van der Waals surface area (Å²) in [5.41, 5.74) is 3.03. The van der Waals surface area contributed by atoms with Crippen LogP contribution in [-0.4, -0.2) is 29.8 Å². The van der Waals surface area contributed by atoms with E-state index in [1.807, 2.05) is 6.07 Å². The van der Waals surface area contributed by atoms with E-state index >= 15 is 0 Å². The standard InChI is InChI=1S/C25H29N3O2S/c1-17-24(29-16-19-2-3-19)9-7-22-23(27-30-25(17)22)8-4-18-10-12-28(13-11-18)15-21-6-5-20(14-26)31-21/h5-7,9,18-19H,2-4,8,10-13,15-16H2,1H3. The van der Waals surface area contributed by atoms with Crippen molar-refractivity contribution in [2.24, 2.45) is 11.8 Å². The highest BCUT2D eigenvalue weighted by molar-refractivity contribution is 7.12. The minimum absolute atomic E-state index is 0.739. The molecule has 1 aliphatic heterocycles. The number of nitriles is 1. The van der Waals surface area contributed by atoms with Gasteiger partial charge >= 0.3 is 0 Å². The highest BCUT2D eigenvalue weighted by Crippen LogP contribution is 2.34. The van der Waals surface area contributed by atoms with Crippen LogP contribution in [0.25, 0.3) is 11.0 Å². The lowest BCUT2D eigenvalue weighted by molar-refractivity contribution is 0.173. The highest BCUT2D eigenvalue weighted by atomic mass is 32.1. The van der Waals surface area contributed by atoms with Gasteiger partial charge in [-0.3, -0.25) is 4.90 Å². The van der Waals surface area contributed by atoms with Crippen LogP contribution in [0.3, 0.4) is 0 Å². The molecule has 3 aromatic rings. The van der Waals surface area contributed by atoms with E-state index in [1.54, 1.807) is 11.3 Å². The van der Waals surface area contributed by atoms with Crippen molar-refractivity contribution in [3.8, 4) is 11.8 Å². The number of fused-ring (bicyclic) bond motifs is 1. The van der Waals surface area contributed by atoms with Gasteiger partial charge < -0.3 is 9.26 Å². The Morgan fingerprint density at radius 3 is 2.74 bits per heavy atom. The van der Waals surface area contributed by atoms with E-state index < -0.39 is 0 Å². The van der Waals surface area contributed by atoms with Gasteiger partial charge in [0.2, 0.25) is 0 Å². The third kappa shape index (κ3) is 4.78. The number of aryl methyl sites for hydroxylation is 2. The van der Waals surface area contributed by atoms with Crippen molar-refractivity contribution < 1.29 is 9.26 Å². The maximum Gasteiger partial charge on any atom is 0.173 e. The third-order valence-corrected chi connectivity index (χ3v) is 7.71. The molecule has 2 aliphatic rings. The molecule has 0 unspecified atom stereocenters. The molecule has 31 heavy (non-hydrogen) atoms. The van der Waals surface area contributed by atoms with Crippen LogP contribution in [0.1, 0.15) is 53.1 Å². The molecule has 0 N–H and O–H groups in total. The summed E-state index contributed by atoms with van der Waals surface area (Å²) in [6, 6.07) is 10.5. The van der Waals surface area contributed by atoms with Crippen molar-refractivity contribution in [2.45, 2.75) is 52.0 Å². The van der Waals surface area contributed by atoms with Gasteiger partial charge in [-0.05, 0) is 94.6 Å². The number of aromatic nitrogens is 1. The summed E-state index contributed by atoms with van der Waals surface area (Å²) >= 11 is 1.62. The number of thiophene rings is 1. The first-order valence-electron chi connectivity index (χ1n) is 11.4. The zero-order valence-corrected chi connectivity index (χ0v) is 18.9. The molecular formula is C25H29N3O2S. The predicted molar refractivity (Wildman–Crippen MR) is 122 cm³/mol. The van der Waals surface area contributed by atoms with E-state index in [9.17, 15) is 0 Å². The average Bonchev–Trinajstić information content (AvgIpc) is 3.35. The second-order valence-corrected chi connectivity index (χ2v) is 10.3. The van der Waals surface area contributed by atoms with Crippen molar-refractivity contribution in [2.75, 3.05) is 19.7 Å². The van der Waals surface area contributed by atoms with E-state index in [2.05, 4.69) is 41.2 Å². The number of hydrogen-bond donors (Lipinski definition) is 0. The molecule has 1 saturated carbocycles. The molecule has 1 aliphatic carbocycles. The van der Waals surface area contributed by atoms with Gasteiger partial charge in [0.05, 0.1) is 12.3 Å². The Bertz CT molecular complexity index is 1080. The molecule has 0 atom stereocenters. The molecule has 3 heterocycles. The molecule has 5 nitrogen and oxygen atoms in total. The molecular weight excluding hydrogens is 406 g/mol. The molecule has 0 radical (unpaired) electrons. The van der Waals surface area contributed by atoms with Gasteiger partial charge in [0.15, 0.2) is 5.58 Å². The van der Waals surface area contributed by atoms with Gasteiger partial charge in [-0.2, -0.15) is 5.26 Å². The number of hydrogen-bond acceptors (Lipinski definition) is 6. The van der Waals surface area contributed by atoms with E-state index in [0.29, 0.717) is 0 Å². The first-order valence-corrected chi connectivity index (χ1v) is 12.2. The predicted octanol–water partition coefficient (Wildman–Crippen LogP) is 5.70. The lowest BCUT2D eigenvalue weighted by Crippen LogP contribution is -2.33. The largest absolute Gasteiger partial charge is 0.493 e. The monoisotopic (exact) mass is 435 g/mol. The fourth-order valence-electron chi connectivity index (χ4n) is 4.51. The normalized spacial score (nSPS) is 17.8. The number of nitrogens with zero attached hydrogens (tertiary/aromatic N) is 3. The first kappa shape index (κ1) is 20.5. The molecule has 2 aromatic heterocycles. The zero-order chi connectivity index (χ0) is 21.2. The third-order valence-electron chi connectivity index (χ3n) is 6.73. The van der Waals surface area contributed by atoms with Gasteiger partial charge in [-0.15, -0.1) is 11.3 Å². The van der Waals surface area contributed by atoms with Gasteiger partial charge in [0, 0.05) is 22.4 Å². The summed E-state index contributed by atoms with van der Waals surface area (Å²) in [5.74, 6) is 2.41. The van der Waals surface area contributed by atoms with Crippen LogP contribution in [-0.2, 0) is 13.0 Å². The van der Waals surface area contributed by atoms with Crippen LogP contribution in [0.4, 0.5) is 0 Å². The Morgan fingerprint density at radius 1 is 1.16 bits per heavy atom. The average molecular weight is 436 g/mol. The molecule has 0 bridgehead atoms. The Hall–Kier alpha value is -2.36. The molecule has 0 spiro atoms. The van der Waals surface area contributed by atoms with Crippen molar-refractivity contribution in [3.63, 3.8) is 0 Å². The Kier molecular flexibility index (Phi) is 5.97. The summed E-state index contributed by atoms with van der Waals surface area (Å²) in [6.45, 7) is 6.12. The summed E-state index contributed by atoms with van der Waals surface area (Å²) in [7, 11) is 0. The number of ether oxygens (including phenoxy) is 1.